The standard InChI is InChI=1S/C39H50Br2N6O2S2/c1-23(5-16-35(48)49-4)30-14-15-31-29-22-34(45-47-37(51)43-27-12-8-25(41)9-13-27)33-21-28(17-19-39(33,3)32(29)18-20-38(30,31)2)44-46-36(50)42-26-10-6-24(40)7-11-26/h6-13,23,29-33H,5,14-22H2,1-4H3,(H2,42,46,50)(H2,43,47,51)/b44-28+,45-34-/t23-,29+,30-,31+,32+,33+,38-,39-/m1/s1. The van der Waals surface area contributed by atoms with Crippen LogP contribution in [-0.4, -0.2) is 34.7 Å². The number of esters is 1. The Morgan fingerprint density at radius 2 is 1.45 bits per heavy atom. The molecule has 6 rings (SSSR count). The molecule has 0 unspecified atom stereocenters. The van der Waals surface area contributed by atoms with Gasteiger partial charge in [-0.3, -0.25) is 15.6 Å². The third-order valence-electron chi connectivity index (χ3n) is 12.9. The Labute approximate surface area is 330 Å². The monoisotopic (exact) mass is 856 g/mol. The van der Waals surface area contributed by atoms with Crippen molar-refractivity contribution in [1.29, 1.82) is 0 Å². The summed E-state index contributed by atoms with van der Waals surface area (Å²) >= 11 is 18.3. The molecule has 4 N–H and O–H groups in total. The molecule has 51 heavy (non-hydrogen) atoms. The number of thiocarbonyl (C=S) groups is 2. The molecule has 0 aromatic heterocycles. The SMILES string of the molecule is COC(=O)CC[C@@H](C)[C@H]1CC[C@H]2[C@@H]3C/C(=N/NC(=S)Nc4ccc(Br)cc4)[C@@H]4C/C(=N/NC(=S)Nc5ccc(Br)cc5)CC[C@]4(C)[C@H]3CC[C@]12C. The van der Waals surface area contributed by atoms with Gasteiger partial charge >= 0.3 is 5.97 Å². The summed E-state index contributed by atoms with van der Waals surface area (Å²) in [7, 11) is 1.49. The molecule has 4 aliphatic carbocycles. The molecule has 4 fully saturated rings. The molecule has 0 spiro atoms. The lowest BCUT2D eigenvalue weighted by molar-refractivity contribution is -0.141. The van der Waals surface area contributed by atoms with Gasteiger partial charge in [0.15, 0.2) is 10.2 Å². The minimum absolute atomic E-state index is 0.101. The number of hydrogen-bond acceptors (Lipinski definition) is 6. The molecule has 0 amide bonds. The van der Waals surface area contributed by atoms with Gasteiger partial charge in [-0.05, 0) is 171 Å². The second-order valence-electron chi connectivity index (χ2n) is 15.6. The zero-order valence-corrected chi connectivity index (χ0v) is 34.7. The number of methoxy groups -OCH3 is 1. The Morgan fingerprint density at radius 3 is 2.06 bits per heavy atom. The van der Waals surface area contributed by atoms with E-state index in [-0.39, 0.29) is 22.7 Å². The van der Waals surface area contributed by atoms with Crippen LogP contribution in [-0.2, 0) is 9.53 Å². The molecule has 0 saturated heterocycles. The van der Waals surface area contributed by atoms with Gasteiger partial charge in [0.25, 0.3) is 0 Å². The van der Waals surface area contributed by atoms with Crippen molar-refractivity contribution in [2.45, 2.75) is 85.0 Å². The number of hydrogen-bond donors (Lipinski definition) is 4. The molecule has 2 aromatic carbocycles. The van der Waals surface area contributed by atoms with E-state index < -0.39 is 0 Å². The van der Waals surface area contributed by atoms with E-state index in [0.717, 1.165) is 58.1 Å². The van der Waals surface area contributed by atoms with Gasteiger partial charge in [-0.2, -0.15) is 10.2 Å². The number of carbonyl (C=O) groups excluding carboxylic acids is 1. The highest BCUT2D eigenvalue weighted by molar-refractivity contribution is 9.10. The Balaban J connectivity index is 1.22. The quantitative estimate of drug-likeness (QED) is 0.118. The molecular weight excluding hydrogens is 808 g/mol. The van der Waals surface area contributed by atoms with Gasteiger partial charge in [-0.15, -0.1) is 0 Å². The molecule has 12 heteroatoms. The molecule has 2 aromatic rings. The minimum atomic E-state index is -0.101. The van der Waals surface area contributed by atoms with E-state index in [1.165, 1.54) is 38.5 Å². The lowest BCUT2D eigenvalue weighted by Crippen LogP contribution is -2.57. The molecule has 0 aliphatic heterocycles. The lowest BCUT2D eigenvalue weighted by atomic mass is 9.44. The number of fused-ring (bicyclic) bond motifs is 5. The second kappa shape index (κ2) is 16.3. The van der Waals surface area contributed by atoms with Crippen LogP contribution in [0.1, 0.15) is 85.0 Å². The van der Waals surface area contributed by atoms with Crippen LogP contribution < -0.4 is 21.5 Å². The fourth-order valence-electron chi connectivity index (χ4n) is 10.4. The molecule has 0 heterocycles. The maximum atomic E-state index is 12.0. The number of carbonyl (C=O) groups is 1. The molecule has 0 bridgehead atoms. The van der Waals surface area contributed by atoms with Gasteiger partial charge in [0.2, 0.25) is 0 Å². The highest BCUT2D eigenvalue weighted by Gasteiger charge is 2.62. The number of nitrogens with zero attached hydrogens (tertiary/aromatic N) is 2. The van der Waals surface area contributed by atoms with Crippen LogP contribution in [0.5, 0.6) is 0 Å². The van der Waals surface area contributed by atoms with Gasteiger partial charge in [-0.25, -0.2) is 0 Å². The predicted octanol–water partition coefficient (Wildman–Crippen LogP) is 10.1. The van der Waals surface area contributed by atoms with E-state index in [1.807, 2.05) is 48.5 Å². The number of nitrogens with one attached hydrogen (secondary N) is 4. The van der Waals surface area contributed by atoms with Crippen molar-refractivity contribution in [3.05, 3.63) is 57.5 Å². The van der Waals surface area contributed by atoms with Crippen molar-refractivity contribution in [2.75, 3.05) is 17.7 Å². The van der Waals surface area contributed by atoms with E-state index in [9.17, 15) is 4.79 Å². The summed E-state index contributed by atoms with van der Waals surface area (Å²) in [4.78, 5) is 12.0. The summed E-state index contributed by atoms with van der Waals surface area (Å²) in [6.07, 6.45) is 10.2. The number of hydrazone groups is 2. The van der Waals surface area contributed by atoms with E-state index in [1.54, 1.807) is 0 Å². The molecule has 4 saturated carbocycles. The Kier molecular flexibility index (Phi) is 12.3. The smallest absolute Gasteiger partial charge is 0.305 e. The zero-order chi connectivity index (χ0) is 36.3. The number of rotatable bonds is 8. The van der Waals surface area contributed by atoms with E-state index >= 15 is 0 Å². The Bertz CT molecular complexity index is 1670. The van der Waals surface area contributed by atoms with Crippen molar-refractivity contribution in [2.24, 2.45) is 56.5 Å². The molecule has 8 atom stereocenters. The molecule has 274 valence electrons. The molecule has 0 radical (unpaired) electrons. The first-order chi connectivity index (χ1) is 24.4. The van der Waals surface area contributed by atoms with Gasteiger partial charge in [0.1, 0.15) is 0 Å². The van der Waals surface area contributed by atoms with Crippen molar-refractivity contribution < 1.29 is 9.53 Å². The van der Waals surface area contributed by atoms with E-state index in [4.69, 9.17) is 39.4 Å². The highest BCUT2D eigenvalue weighted by Crippen LogP contribution is 2.67. The van der Waals surface area contributed by atoms with Crippen LogP contribution >= 0.6 is 56.3 Å². The number of benzene rings is 2. The summed E-state index contributed by atoms with van der Waals surface area (Å²) in [5.41, 5.74) is 10.9. The normalized spacial score (nSPS) is 31.8. The number of ether oxygens (including phenoxy) is 1. The van der Waals surface area contributed by atoms with Gasteiger partial charge in [0.05, 0.1) is 7.11 Å². The Hall–Kier alpha value is -2.41. The molecular formula is C39H50Br2N6O2S2. The van der Waals surface area contributed by atoms with Gasteiger partial charge < -0.3 is 15.4 Å². The van der Waals surface area contributed by atoms with E-state index in [2.05, 4.69) is 74.1 Å². The van der Waals surface area contributed by atoms with Crippen LogP contribution in [0.4, 0.5) is 11.4 Å². The topological polar surface area (TPSA) is 99.1 Å². The van der Waals surface area contributed by atoms with Gasteiger partial charge in [0, 0.05) is 44.1 Å². The third-order valence-corrected chi connectivity index (χ3v) is 14.4. The molecule has 4 aliphatic rings. The van der Waals surface area contributed by atoms with Crippen molar-refractivity contribution in [3.8, 4) is 0 Å². The first-order valence-corrected chi connectivity index (χ1v) is 20.6. The second-order valence-corrected chi connectivity index (χ2v) is 18.2. The van der Waals surface area contributed by atoms with Crippen LogP contribution in [0, 0.1) is 46.3 Å². The summed E-state index contributed by atoms with van der Waals surface area (Å²) in [5.74, 6) is 3.09. The van der Waals surface area contributed by atoms with Crippen LogP contribution in [0.2, 0.25) is 0 Å². The van der Waals surface area contributed by atoms with E-state index in [0.29, 0.717) is 46.2 Å². The maximum Gasteiger partial charge on any atom is 0.305 e. The van der Waals surface area contributed by atoms with Crippen LogP contribution in [0.25, 0.3) is 0 Å². The number of anilines is 2. The van der Waals surface area contributed by atoms with Crippen molar-refractivity contribution >= 4 is 95.3 Å². The fourth-order valence-corrected chi connectivity index (χ4v) is 11.2. The highest BCUT2D eigenvalue weighted by atomic mass is 79.9. The van der Waals surface area contributed by atoms with Crippen LogP contribution in [0.15, 0.2) is 67.7 Å². The average Bonchev–Trinajstić information content (AvgIpc) is 3.48. The zero-order valence-electron chi connectivity index (χ0n) is 29.9. The Morgan fingerprint density at radius 1 is 0.863 bits per heavy atom. The minimum Gasteiger partial charge on any atom is -0.469 e. The average molecular weight is 859 g/mol. The molecule has 8 nitrogen and oxygen atoms in total. The van der Waals surface area contributed by atoms with Crippen LogP contribution in [0.3, 0.4) is 0 Å². The summed E-state index contributed by atoms with van der Waals surface area (Å²) in [6, 6.07) is 15.9. The first-order valence-electron chi connectivity index (χ1n) is 18.2. The lowest BCUT2D eigenvalue weighted by Gasteiger charge is -2.61. The predicted molar refractivity (Wildman–Crippen MR) is 223 cm³/mol. The van der Waals surface area contributed by atoms with Crippen molar-refractivity contribution in [1.82, 2.24) is 10.9 Å². The first kappa shape index (κ1) is 38.3. The maximum absolute atomic E-state index is 12.0. The fraction of sp³-hybridized carbons (Fsp3) is 0.564. The van der Waals surface area contributed by atoms with Crippen molar-refractivity contribution in [3.63, 3.8) is 0 Å². The number of halogens is 2. The summed E-state index contributed by atoms with van der Waals surface area (Å²) in [5, 5.41) is 17.5. The summed E-state index contributed by atoms with van der Waals surface area (Å²) < 4.78 is 7.02. The third kappa shape index (κ3) is 8.54. The summed E-state index contributed by atoms with van der Waals surface area (Å²) in [6.45, 7) is 7.45. The van der Waals surface area contributed by atoms with Gasteiger partial charge in [-0.1, -0.05) is 52.6 Å². The largest absolute Gasteiger partial charge is 0.469 e.